The number of ether oxygens (including phenoxy) is 2. The molecule has 0 bridgehead atoms. The van der Waals surface area contributed by atoms with Crippen molar-refractivity contribution in [2.45, 2.75) is 12.3 Å². The van der Waals surface area contributed by atoms with Gasteiger partial charge in [0.1, 0.15) is 24.7 Å². The topological polar surface area (TPSA) is 58.9 Å². The molecule has 0 heterocycles. The van der Waals surface area contributed by atoms with E-state index in [-0.39, 0.29) is 26.4 Å². The van der Waals surface area contributed by atoms with Crippen LogP contribution in [-0.2, 0) is 5.41 Å². The van der Waals surface area contributed by atoms with Crippen LogP contribution in [0.4, 0.5) is 0 Å². The van der Waals surface area contributed by atoms with E-state index in [1.54, 1.807) is 0 Å². The van der Waals surface area contributed by atoms with Gasteiger partial charge in [0.05, 0.1) is 13.2 Å². The third-order valence-corrected chi connectivity index (χ3v) is 4.75. The van der Waals surface area contributed by atoms with E-state index >= 15 is 0 Å². The molecular formula is C24H24O4. The quantitative estimate of drug-likeness (QED) is 0.562. The Bertz CT molecular complexity index is 825. The fraction of sp³-hybridized carbons (Fsp3) is 0.250. The fourth-order valence-electron chi connectivity index (χ4n) is 3.26. The van der Waals surface area contributed by atoms with Crippen LogP contribution < -0.4 is 9.47 Å². The lowest BCUT2D eigenvalue weighted by atomic mass is 9.71. The van der Waals surface area contributed by atoms with Gasteiger partial charge in [0.25, 0.3) is 0 Å². The van der Waals surface area contributed by atoms with Gasteiger partial charge >= 0.3 is 0 Å². The SMILES string of the molecule is CC(c1ccccc1)(c1cc[c]c(OCCO)c1)c1cc[c]c(OCCO)c1. The lowest BCUT2D eigenvalue weighted by Crippen LogP contribution is -2.25. The molecule has 28 heavy (non-hydrogen) atoms. The first-order valence-corrected chi connectivity index (χ1v) is 9.25. The third kappa shape index (κ3) is 4.35. The van der Waals surface area contributed by atoms with Gasteiger partial charge in [-0.2, -0.15) is 0 Å². The highest BCUT2D eigenvalue weighted by Gasteiger charge is 2.31. The lowest BCUT2D eigenvalue weighted by Gasteiger charge is -2.32. The summed E-state index contributed by atoms with van der Waals surface area (Å²) in [6, 6.07) is 28.0. The number of hydrogen-bond donors (Lipinski definition) is 2. The van der Waals surface area contributed by atoms with Crippen molar-refractivity contribution in [1.29, 1.82) is 0 Å². The summed E-state index contributed by atoms with van der Waals surface area (Å²) in [6.45, 7) is 2.50. The van der Waals surface area contributed by atoms with Crippen molar-refractivity contribution >= 4 is 0 Å². The second-order valence-corrected chi connectivity index (χ2v) is 6.52. The van der Waals surface area contributed by atoms with E-state index in [1.807, 2.05) is 54.6 Å². The van der Waals surface area contributed by atoms with Gasteiger partial charge in [-0.3, -0.25) is 0 Å². The summed E-state index contributed by atoms with van der Waals surface area (Å²) in [4.78, 5) is 0. The molecule has 4 nitrogen and oxygen atoms in total. The minimum atomic E-state index is -0.472. The van der Waals surface area contributed by atoms with Gasteiger partial charge < -0.3 is 19.7 Å². The van der Waals surface area contributed by atoms with Gasteiger partial charge in [-0.1, -0.05) is 54.6 Å². The van der Waals surface area contributed by atoms with E-state index in [9.17, 15) is 0 Å². The Kier molecular flexibility index (Phi) is 6.69. The van der Waals surface area contributed by atoms with Gasteiger partial charge in [0.15, 0.2) is 0 Å². The number of aliphatic hydroxyl groups is 2. The van der Waals surface area contributed by atoms with Crippen LogP contribution in [0.15, 0.2) is 66.7 Å². The number of aliphatic hydroxyl groups excluding tert-OH is 2. The molecule has 0 spiro atoms. The van der Waals surface area contributed by atoms with E-state index in [0.717, 1.165) is 16.7 Å². The molecule has 2 N–H and O–H groups in total. The Morgan fingerprint density at radius 2 is 1.25 bits per heavy atom. The van der Waals surface area contributed by atoms with Gasteiger partial charge in [0, 0.05) is 17.5 Å². The zero-order valence-electron chi connectivity index (χ0n) is 15.9. The van der Waals surface area contributed by atoms with Crippen LogP contribution in [0.3, 0.4) is 0 Å². The maximum atomic E-state index is 9.04. The van der Waals surface area contributed by atoms with E-state index in [4.69, 9.17) is 19.7 Å². The molecule has 3 rings (SSSR count). The lowest BCUT2D eigenvalue weighted by molar-refractivity contribution is 0.200. The third-order valence-electron chi connectivity index (χ3n) is 4.75. The Morgan fingerprint density at radius 3 is 1.71 bits per heavy atom. The molecule has 0 atom stereocenters. The molecular weight excluding hydrogens is 352 g/mol. The first-order chi connectivity index (χ1) is 13.7. The molecule has 0 aliphatic rings. The average molecular weight is 376 g/mol. The van der Waals surface area contributed by atoms with Crippen molar-refractivity contribution in [3.8, 4) is 11.5 Å². The van der Waals surface area contributed by atoms with Crippen molar-refractivity contribution in [1.82, 2.24) is 0 Å². The zero-order valence-corrected chi connectivity index (χ0v) is 15.9. The van der Waals surface area contributed by atoms with E-state index < -0.39 is 5.41 Å². The maximum absolute atomic E-state index is 9.04. The molecule has 3 aromatic rings. The van der Waals surface area contributed by atoms with E-state index in [0.29, 0.717) is 11.5 Å². The molecule has 144 valence electrons. The Labute approximate surface area is 166 Å². The van der Waals surface area contributed by atoms with Gasteiger partial charge in [-0.05, 0) is 35.7 Å². The normalized spacial score (nSPS) is 11.2. The standard InChI is InChI=1S/C24H24O4/c1-24(19-7-3-2-4-8-19,20-9-5-11-22(17-20)27-15-13-25)21-10-6-12-23(18-21)28-16-14-26/h2-10,17-18,25-26H,13-16H2,1H3. The Morgan fingerprint density at radius 1 is 0.750 bits per heavy atom. The summed E-state index contributed by atoms with van der Waals surface area (Å²) in [6.07, 6.45) is 0. The van der Waals surface area contributed by atoms with Crippen LogP contribution in [0.1, 0.15) is 23.6 Å². The van der Waals surface area contributed by atoms with Crippen LogP contribution in [0.5, 0.6) is 11.5 Å². The first-order valence-electron chi connectivity index (χ1n) is 9.25. The summed E-state index contributed by atoms with van der Waals surface area (Å²) in [7, 11) is 0. The summed E-state index contributed by atoms with van der Waals surface area (Å²) in [5.74, 6) is 1.18. The molecule has 3 aromatic carbocycles. The van der Waals surface area contributed by atoms with Crippen LogP contribution in [-0.4, -0.2) is 36.6 Å². The minimum absolute atomic E-state index is 0.0475. The predicted octanol–water partition coefficient (Wildman–Crippen LogP) is 3.38. The van der Waals surface area contributed by atoms with Gasteiger partial charge in [0.2, 0.25) is 0 Å². The Hall–Kier alpha value is -2.82. The highest BCUT2D eigenvalue weighted by Crippen LogP contribution is 2.40. The second kappa shape index (κ2) is 9.40. The van der Waals surface area contributed by atoms with Crippen molar-refractivity contribution in [2.75, 3.05) is 26.4 Å². The summed E-state index contributed by atoms with van der Waals surface area (Å²) >= 11 is 0. The molecule has 0 aliphatic heterocycles. The molecule has 0 saturated heterocycles. The van der Waals surface area contributed by atoms with Gasteiger partial charge in [-0.25, -0.2) is 0 Å². The second-order valence-electron chi connectivity index (χ2n) is 6.52. The highest BCUT2D eigenvalue weighted by molar-refractivity contribution is 5.52. The summed E-state index contributed by atoms with van der Waals surface area (Å²) in [5, 5.41) is 18.1. The van der Waals surface area contributed by atoms with Crippen LogP contribution >= 0.6 is 0 Å². The predicted molar refractivity (Wildman–Crippen MR) is 108 cm³/mol. The molecule has 0 aliphatic carbocycles. The molecule has 0 unspecified atom stereocenters. The van der Waals surface area contributed by atoms with Crippen molar-refractivity contribution < 1.29 is 19.7 Å². The van der Waals surface area contributed by atoms with Crippen molar-refractivity contribution in [3.05, 3.63) is 95.6 Å². The number of rotatable bonds is 9. The monoisotopic (exact) mass is 376 g/mol. The molecule has 4 heteroatoms. The molecule has 0 amide bonds. The van der Waals surface area contributed by atoms with Crippen molar-refractivity contribution in [3.63, 3.8) is 0 Å². The number of benzene rings is 3. The van der Waals surface area contributed by atoms with E-state index in [2.05, 4.69) is 31.2 Å². The molecule has 0 saturated carbocycles. The highest BCUT2D eigenvalue weighted by atomic mass is 16.5. The smallest absolute Gasteiger partial charge is 0.127 e. The Balaban J connectivity index is 2.10. The summed E-state index contributed by atoms with van der Waals surface area (Å²) in [5.41, 5.74) is 2.71. The number of hydrogen-bond acceptors (Lipinski definition) is 4. The molecule has 0 fully saturated rings. The van der Waals surface area contributed by atoms with Crippen LogP contribution in [0.25, 0.3) is 0 Å². The first kappa shape index (κ1) is 19.9. The van der Waals surface area contributed by atoms with Crippen LogP contribution in [0, 0.1) is 12.1 Å². The fourth-order valence-corrected chi connectivity index (χ4v) is 3.26. The largest absolute Gasteiger partial charge is 0.491 e. The summed E-state index contributed by atoms with van der Waals surface area (Å²) < 4.78 is 11.2. The van der Waals surface area contributed by atoms with Gasteiger partial charge in [-0.15, -0.1) is 0 Å². The molecule has 2 radical (unpaired) electrons. The minimum Gasteiger partial charge on any atom is -0.491 e. The maximum Gasteiger partial charge on any atom is 0.127 e. The van der Waals surface area contributed by atoms with Crippen LogP contribution in [0.2, 0.25) is 0 Å². The molecule has 0 aromatic heterocycles. The zero-order chi connectivity index (χ0) is 19.8. The van der Waals surface area contributed by atoms with Crippen molar-refractivity contribution in [2.24, 2.45) is 0 Å². The average Bonchev–Trinajstić information content (AvgIpc) is 2.76. The van der Waals surface area contributed by atoms with E-state index in [1.165, 1.54) is 0 Å².